The van der Waals surface area contributed by atoms with Crippen molar-refractivity contribution in [3.63, 3.8) is 0 Å². The molecule has 0 amide bonds. The number of carboxylic acids is 1. The SMILES string of the molecule is O=C(O)c1nc2cc(Br)ccn2n1. The lowest BCUT2D eigenvalue weighted by Crippen LogP contribution is -1.98. The molecule has 1 N–H and O–H groups in total. The summed E-state index contributed by atoms with van der Waals surface area (Å²) in [4.78, 5) is 14.3. The number of aromatic carboxylic acids is 1. The van der Waals surface area contributed by atoms with E-state index in [0.717, 1.165) is 4.47 Å². The molecule has 0 aliphatic rings. The fourth-order valence-electron chi connectivity index (χ4n) is 0.947. The molecule has 0 atom stereocenters. The van der Waals surface area contributed by atoms with Crippen molar-refractivity contribution >= 4 is 27.5 Å². The summed E-state index contributed by atoms with van der Waals surface area (Å²) in [5.74, 6) is -1.32. The smallest absolute Gasteiger partial charge is 0.375 e. The van der Waals surface area contributed by atoms with Crippen LogP contribution in [0.5, 0.6) is 0 Å². The van der Waals surface area contributed by atoms with Gasteiger partial charge in [0, 0.05) is 10.7 Å². The van der Waals surface area contributed by atoms with Crippen molar-refractivity contribution in [2.45, 2.75) is 0 Å². The van der Waals surface area contributed by atoms with Gasteiger partial charge in [0.05, 0.1) is 0 Å². The van der Waals surface area contributed by atoms with E-state index in [2.05, 4.69) is 26.0 Å². The van der Waals surface area contributed by atoms with E-state index in [1.807, 2.05) is 0 Å². The Morgan fingerprint density at radius 1 is 1.62 bits per heavy atom. The summed E-state index contributed by atoms with van der Waals surface area (Å²) in [6.07, 6.45) is 1.64. The summed E-state index contributed by atoms with van der Waals surface area (Å²) in [5.41, 5.74) is 0.506. The van der Waals surface area contributed by atoms with E-state index in [-0.39, 0.29) is 5.82 Å². The van der Waals surface area contributed by atoms with Crippen LogP contribution in [0.15, 0.2) is 22.8 Å². The Hall–Kier alpha value is -1.43. The molecular weight excluding hydrogens is 238 g/mol. The van der Waals surface area contributed by atoms with Crippen molar-refractivity contribution < 1.29 is 9.90 Å². The van der Waals surface area contributed by atoms with E-state index < -0.39 is 5.97 Å². The number of pyridine rings is 1. The van der Waals surface area contributed by atoms with Crippen LogP contribution in [-0.4, -0.2) is 25.7 Å². The van der Waals surface area contributed by atoms with E-state index in [4.69, 9.17) is 5.11 Å². The highest BCUT2D eigenvalue weighted by Crippen LogP contribution is 2.11. The number of hydrogen-bond acceptors (Lipinski definition) is 3. The third-order valence-electron chi connectivity index (χ3n) is 1.49. The molecule has 0 saturated carbocycles. The Kier molecular flexibility index (Phi) is 1.77. The summed E-state index contributed by atoms with van der Waals surface area (Å²) >= 11 is 3.25. The maximum absolute atomic E-state index is 10.5. The second-order valence-corrected chi connectivity index (χ2v) is 3.30. The van der Waals surface area contributed by atoms with Crippen molar-refractivity contribution in [1.29, 1.82) is 0 Å². The van der Waals surface area contributed by atoms with Crippen molar-refractivity contribution in [1.82, 2.24) is 14.6 Å². The van der Waals surface area contributed by atoms with Gasteiger partial charge in [-0.15, -0.1) is 5.10 Å². The predicted octanol–water partition coefficient (Wildman–Crippen LogP) is 1.19. The first kappa shape index (κ1) is 8.18. The molecule has 0 spiro atoms. The summed E-state index contributed by atoms with van der Waals surface area (Å²) < 4.78 is 2.25. The van der Waals surface area contributed by atoms with E-state index in [1.165, 1.54) is 4.52 Å². The maximum Gasteiger partial charge on any atom is 0.375 e. The topological polar surface area (TPSA) is 67.5 Å². The molecule has 0 aromatic carbocycles. The Morgan fingerprint density at radius 2 is 2.38 bits per heavy atom. The lowest BCUT2D eigenvalue weighted by Gasteiger charge is -1.89. The first-order valence-electron chi connectivity index (χ1n) is 3.42. The van der Waals surface area contributed by atoms with Crippen LogP contribution in [0.2, 0.25) is 0 Å². The van der Waals surface area contributed by atoms with Crippen molar-refractivity contribution in [3.8, 4) is 0 Å². The van der Waals surface area contributed by atoms with Gasteiger partial charge in [-0.2, -0.15) is 0 Å². The van der Waals surface area contributed by atoms with Gasteiger partial charge in [-0.25, -0.2) is 14.3 Å². The lowest BCUT2D eigenvalue weighted by atomic mass is 10.5. The fraction of sp³-hybridized carbons (Fsp3) is 0. The molecule has 0 unspecified atom stereocenters. The van der Waals surface area contributed by atoms with Gasteiger partial charge in [0.25, 0.3) is 5.82 Å². The molecule has 6 heteroatoms. The molecule has 0 radical (unpaired) electrons. The second kappa shape index (κ2) is 2.81. The van der Waals surface area contributed by atoms with Gasteiger partial charge in [0.1, 0.15) is 0 Å². The Morgan fingerprint density at radius 3 is 3.08 bits per heavy atom. The zero-order valence-electron chi connectivity index (χ0n) is 6.31. The minimum absolute atomic E-state index is 0.196. The van der Waals surface area contributed by atoms with E-state index in [9.17, 15) is 4.79 Å². The van der Waals surface area contributed by atoms with Crippen LogP contribution in [0.1, 0.15) is 10.6 Å². The molecular formula is C7H4BrN3O2. The second-order valence-electron chi connectivity index (χ2n) is 2.39. The molecule has 2 heterocycles. The van der Waals surface area contributed by atoms with Crippen LogP contribution in [0.4, 0.5) is 0 Å². The molecule has 0 fully saturated rings. The van der Waals surface area contributed by atoms with Crippen molar-refractivity contribution in [3.05, 3.63) is 28.6 Å². The first-order chi connectivity index (χ1) is 6.16. The van der Waals surface area contributed by atoms with Crippen LogP contribution >= 0.6 is 15.9 Å². The molecule has 0 aliphatic carbocycles. The average molecular weight is 242 g/mol. The lowest BCUT2D eigenvalue weighted by molar-refractivity contribution is 0.0684. The van der Waals surface area contributed by atoms with Crippen LogP contribution in [0.25, 0.3) is 5.65 Å². The van der Waals surface area contributed by atoms with Crippen LogP contribution in [0.3, 0.4) is 0 Å². The minimum Gasteiger partial charge on any atom is -0.475 e. The van der Waals surface area contributed by atoms with Crippen LogP contribution in [-0.2, 0) is 0 Å². The molecule has 66 valence electrons. The Balaban J connectivity index is 2.68. The zero-order valence-corrected chi connectivity index (χ0v) is 7.89. The Bertz CT molecular complexity index is 480. The molecule has 13 heavy (non-hydrogen) atoms. The first-order valence-corrected chi connectivity index (χ1v) is 4.21. The Labute approximate surface area is 81.1 Å². The van der Waals surface area contributed by atoms with Crippen molar-refractivity contribution in [2.24, 2.45) is 0 Å². The minimum atomic E-state index is -1.13. The number of aromatic nitrogens is 3. The quantitative estimate of drug-likeness (QED) is 0.815. The highest BCUT2D eigenvalue weighted by Gasteiger charge is 2.09. The molecule has 0 aliphatic heterocycles. The van der Waals surface area contributed by atoms with Crippen LogP contribution < -0.4 is 0 Å². The molecule has 2 rings (SSSR count). The molecule has 0 saturated heterocycles. The molecule has 2 aromatic heterocycles. The fourth-order valence-corrected chi connectivity index (χ4v) is 1.27. The van der Waals surface area contributed by atoms with Gasteiger partial charge in [-0.05, 0) is 12.1 Å². The van der Waals surface area contributed by atoms with Gasteiger partial charge < -0.3 is 5.11 Å². The predicted molar refractivity (Wildman–Crippen MR) is 47.6 cm³/mol. The summed E-state index contributed by atoms with van der Waals surface area (Å²) in [7, 11) is 0. The highest BCUT2D eigenvalue weighted by molar-refractivity contribution is 9.10. The van der Waals surface area contributed by atoms with Gasteiger partial charge in [-0.3, -0.25) is 0 Å². The molecule has 0 bridgehead atoms. The number of halogens is 1. The number of nitrogens with zero attached hydrogens (tertiary/aromatic N) is 3. The number of carboxylic acid groups (broad SMARTS) is 1. The van der Waals surface area contributed by atoms with Crippen LogP contribution in [0, 0.1) is 0 Å². The average Bonchev–Trinajstić information content (AvgIpc) is 2.46. The van der Waals surface area contributed by atoms with Gasteiger partial charge in [0.15, 0.2) is 5.65 Å². The molecule has 5 nitrogen and oxygen atoms in total. The maximum atomic E-state index is 10.5. The number of carbonyl (C=O) groups is 1. The van der Waals surface area contributed by atoms with Crippen molar-refractivity contribution in [2.75, 3.05) is 0 Å². The van der Waals surface area contributed by atoms with Gasteiger partial charge in [0.2, 0.25) is 0 Å². The zero-order chi connectivity index (χ0) is 9.42. The highest BCUT2D eigenvalue weighted by atomic mass is 79.9. The number of fused-ring (bicyclic) bond motifs is 1. The largest absolute Gasteiger partial charge is 0.475 e. The van der Waals surface area contributed by atoms with E-state index >= 15 is 0 Å². The summed E-state index contributed by atoms with van der Waals surface area (Å²) in [5, 5.41) is 12.3. The summed E-state index contributed by atoms with van der Waals surface area (Å²) in [6, 6.07) is 3.45. The molecule has 2 aromatic rings. The summed E-state index contributed by atoms with van der Waals surface area (Å²) in [6.45, 7) is 0. The number of hydrogen-bond donors (Lipinski definition) is 1. The monoisotopic (exact) mass is 241 g/mol. The standard InChI is InChI=1S/C7H4BrN3O2/c8-4-1-2-11-5(3-4)9-6(10-11)7(12)13/h1-3H,(H,12,13). The van der Waals surface area contributed by atoms with Gasteiger partial charge in [-0.1, -0.05) is 15.9 Å². The van der Waals surface area contributed by atoms with Gasteiger partial charge >= 0.3 is 5.97 Å². The third kappa shape index (κ3) is 1.40. The number of rotatable bonds is 1. The van der Waals surface area contributed by atoms with E-state index in [0.29, 0.717) is 5.65 Å². The third-order valence-corrected chi connectivity index (χ3v) is 1.98. The van der Waals surface area contributed by atoms with E-state index in [1.54, 1.807) is 18.3 Å². The normalized spacial score (nSPS) is 10.5.